The van der Waals surface area contributed by atoms with Gasteiger partial charge in [0, 0.05) is 19.1 Å². The third-order valence-electron chi connectivity index (χ3n) is 3.14. The van der Waals surface area contributed by atoms with E-state index in [4.69, 9.17) is 4.74 Å². The Morgan fingerprint density at radius 2 is 1.95 bits per heavy atom. The molecule has 0 fully saturated rings. The van der Waals surface area contributed by atoms with Crippen LogP contribution in [0.5, 0.6) is 0 Å². The minimum absolute atomic E-state index is 0.203. The molecule has 1 rings (SSSR count). The third kappa shape index (κ3) is 6.17. The van der Waals surface area contributed by atoms with Crippen LogP contribution in [0.15, 0.2) is 30.3 Å². The molecular formula is C16H26N2O2. The quantitative estimate of drug-likeness (QED) is 0.735. The molecule has 0 aliphatic carbocycles. The summed E-state index contributed by atoms with van der Waals surface area (Å²) < 4.78 is 4.85. The van der Waals surface area contributed by atoms with Crippen molar-refractivity contribution in [3.05, 3.63) is 35.9 Å². The molecule has 0 bridgehead atoms. The number of methoxy groups -OCH3 is 1. The SMILES string of the molecule is COC(=O)C(CN(C)CCc1ccccc1)NC(C)C. The van der Waals surface area contributed by atoms with E-state index in [2.05, 4.69) is 22.3 Å². The molecule has 0 aliphatic rings. The zero-order valence-corrected chi connectivity index (χ0v) is 12.9. The molecule has 0 spiro atoms. The number of ether oxygens (including phenoxy) is 1. The molecule has 4 nitrogen and oxygen atoms in total. The highest BCUT2D eigenvalue weighted by Gasteiger charge is 2.21. The average Bonchev–Trinajstić information content (AvgIpc) is 2.44. The molecule has 1 unspecified atom stereocenters. The summed E-state index contributed by atoms with van der Waals surface area (Å²) in [4.78, 5) is 13.9. The van der Waals surface area contributed by atoms with Gasteiger partial charge in [0.1, 0.15) is 6.04 Å². The predicted molar refractivity (Wildman–Crippen MR) is 81.7 cm³/mol. The lowest BCUT2D eigenvalue weighted by atomic mass is 10.1. The van der Waals surface area contributed by atoms with E-state index < -0.39 is 0 Å². The fraction of sp³-hybridized carbons (Fsp3) is 0.562. The second kappa shape index (κ2) is 8.72. The topological polar surface area (TPSA) is 41.6 Å². The van der Waals surface area contributed by atoms with Gasteiger partial charge in [0.15, 0.2) is 0 Å². The fourth-order valence-corrected chi connectivity index (χ4v) is 2.11. The summed E-state index contributed by atoms with van der Waals surface area (Å²) in [5.41, 5.74) is 1.31. The number of rotatable bonds is 8. The number of esters is 1. The van der Waals surface area contributed by atoms with E-state index in [1.165, 1.54) is 12.7 Å². The van der Waals surface area contributed by atoms with Crippen molar-refractivity contribution in [1.82, 2.24) is 10.2 Å². The molecule has 1 aromatic carbocycles. The van der Waals surface area contributed by atoms with Crippen molar-refractivity contribution < 1.29 is 9.53 Å². The van der Waals surface area contributed by atoms with Crippen LogP contribution in [0.2, 0.25) is 0 Å². The van der Waals surface area contributed by atoms with Crippen LogP contribution < -0.4 is 5.32 Å². The smallest absolute Gasteiger partial charge is 0.324 e. The molecule has 112 valence electrons. The minimum atomic E-state index is -0.277. The van der Waals surface area contributed by atoms with E-state index in [1.54, 1.807) is 0 Å². The van der Waals surface area contributed by atoms with Crippen LogP contribution in [0.1, 0.15) is 19.4 Å². The first-order valence-electron chi connectivity index (χ1n) is 7.09. The highest BCUT2D eigenvalue weighted by molar-refractivity contribution is 5.75. The average molecular weight is 278 g/mol. The maximum atomic E-state index is 11.7. The van der Waals surface area contributed by atoms with Gasteiger partial charge in [-0.2, -0.15) is 0 Å². The van der Waals surface area contributed by atoms with Crippen LogP contribution >= 0.6 is 0 Å². The molecule has 0 heterocycles. The van der Waals surface area contributed by atoms with E-state index >= 15 is 0 Å². The molecule has 20 heavy (non-hydrogen) atoms. The van der Waals surface area contributed by atoms with Crippen molar-refractivity contribution in [2.24, 2.45) is 0 Å². The number of nitrogens with one attached hydrogen (secondary N) is 1. The first-order valence-corrected chi connectivity index (χ1v) is 7.09. The molecule has 0 amide bonds. The van der Waals surface area contributed by atoms with Crippen molar-refractivity contribution >= 4 is 5.97 Å². The van der Waals surface area contributed by atoms with Gasteiger partial charge in [-0.1, -0.05) is 44.2 Å². The zero-order valence-electron chi connectivity index (χ0n) is 12.9. The van der Waals surface area contributed by atoms with E-state index in [0.29, 0.717) is 6.54 Å². The molecule has 0 aromatic heterocycles. The van der Waals surface area contributed by atoms with Crippen LogP contribution in [0, 0.1) is 0 Å². The van der Waals surface area contributed by atoms with Gasteiger partial charge in [-0.25, -0.2) is 0 Å². The van der Waals surface area contributed by atoms with Gasteiger partial charge in [0.25, 0.3) is 0 Å². The Morgan fingerprint density at radius 1 is 1.30 bits per heavy atom. The van der Waals surface area contributed by atoms with Gasteiger partial charge in [0.05, 0.1) is 7.11 Å². The number of benzene rings is 1. The molecule has 1 aromatic rings. The summed E-state index contributed by atoms with van der Waals surface area (Å²) in [5.74, 6) is -0.203. The lowest BCUT2D eigenvalue weighted by Gasteiger charge is -2.24. The summed E-state index contributed by atoms with van der Waals surface area (Å²) in [6.07, 6.45) is 0.979. The van der Waals surface area contributed by atoms with E-state index in [1.807, 2.05) is 39.1 Å². The summed E-state index contributed by atoms with van der Waals surface area (Å²) >= 11 is 0. The minimum Gasteiger partial charge on any atom is -0.468 e. The Balaban J connectivity index is 2.45. The Labute approximate surface area is 122 Å². The van der Waals surface area contributed by atoms with Crippen LogP contribution in [-0.2, 0) is 16.0 Å². The predicted octanol–water partition coefficient (Wildman–Crippen LogP) is 1.70. The highest BCUT2D eigenvalue weighted by atomic mass is 16.5. The standard InChI is InChI=1S/C16H26N2O2/c1-13(2)17-15(16(19)20-4)12-18(3)11-10-14-8-6-5-7-9-14/h5-9,13,15,17H,10-12H2,1-4H3. The van der Waals surface area contributed by atoms with Gasteiger partial charge in [-0.05, 0) is 19.0 Å². The Bertz CT molecular complexity index is 393. The van der Waals surface area contributed by atoms with Gasteiger partial charge in [-0.3, -0.25) is 4.79 Å². The number of hydrogen-bond donors (Lipinski definition) is 1. The Hall–Kier alpha value is -1.39. The zero-order chi connectivity index (χ0) is 15.0. The lowest BCUT2D eigenvalue weighted by Crippen LogP contribution is -2.48. The van der Waals surface area contributed by atoms with Gasteiger partial charge < -0.3 is 15.0 Å². The number of carbonyl (C=O) groups excluding carboxylic acids is 1. The number of hydrogen-bond acceptors (Lipinski definition) is 4. The van der Waals surface area contributed by atoms with E-state index in [0.717, 1.165) is 13.0 Å². The summed E-state index contributed by atoms with van der Waals surface area (Å²) in [6, 6.07) is 10.3. The van der Waals surface area contributed by atoms with Crippen LogP contribution in [0.4, 0.5) is 0 Å². The second-order valence-electron chi connectivity index (χ2n) is 5.39. The van der Waals surface area contributed by atoms with Gasteiger partial charge in [-0.15, -0.1) is 0 Å². The van der Waals surface area contributed by atoms with Crippen LogP contribution in [0.3, 0.4) is 0 Å². The van der Waals surface area contributed by atoms with Crippen molar-refractivity contribution in [2.75, 3.05) is 27.2 Å². The first-order chi connectivity index (χ1) is 9.52. The van der Waals surface area contributed by atoms with Crippen molar-refractivity contribution in [3.63, 3.8) is 0 Å². The van der Waals surface area contributed by atoms with Gasteiger partial charge in [0.2, 0.25) is 0 Å². The molecule has 0 aliphatic heterocycles. The normalized spacial score (nSPS) is 12.7. The maximum Gasteiger partial charge on any atom is 0.324 e. The monoisotopic (exact) mass is 278 g/mol. The van der Waals surface area contributed by atoms with Crippen LogP contribution in [-0.4, -0.2) is 50.2 Å². The largest absolute Gasteiger partial charge is 0.468 e. The second-order valence-corrected chi connectivity index (χ2v) is 5.39. The summed E-state index contributed by atoms with van der Waals surface area (Å²) in [7, 11) is 3.46. The molecule has 4 heteroatoms. The Kier molecular flexibility index (Phi) is 7.26. The summed E-state index contributed by atoms with van der Waals surface area (Å²) in [6.45, 7) is 5.62. The molecule has 0 saturated carbocycles. The molecule has 0 radical (unpaired) electrons. The highest BCUT2D eigenvalue weighted by Crippen LogP contribution is 2.02. The van der Waals surface area contributed by atoms with Crippen molar-refractivity contribution in [3.8, 4) is 0 Å². The van der Waals surface area contributed by atoms with E-state index in [-0.39, 0.29) is 18.1 Å². The number of carbonyl (C=O) groups is 1. The molecule has 1 N–H and O–H groups in total. The lowest BCUT2D eigenvalue weighted by molar-refractivity contribution is -0.143. The molecular weight excluding hydrogens is 252 g/mol. The number of likely N-dealkylation sites (N-methyl/N-ethyl adjacent to an activating group) is 1. The van der Waals surface area contributed by atoms with Crippen molar-refractivity contribution in [1.29, 1.82) is 0 Å². The Morgan fingerprint density at radius 3 is 2.50 bits per heavy atom. The summed E-state index contributed by atoms with van der Waals surface area (Å²) in [5, 5.41) is 3.24. The maximum absolute atomic E-state index is 11.7. The molecule has 1 atom stereocenters. The van der Waals surface area contributed by atoms with Crippen molar-refractivity contribution in [2.45, 2.75) is 32.4 Å². The number of nitrogens with zero attached hydrogens (tertiary/aromatic N) is 1. The van der Waals surface area contributed by atoms with Crippen LogP contribution in [0.25, 0.3) is 0 Å². The van der Waals surface area contributed by atoms with Gasteiger partial charge >= 0.3 is 5.97 Å². The molecule has 0 saturated heterocycles. The third-order valence-corrected chi connectivity index (χ3v) is 3.14. The first kappa shape index (κ1) is 16.7. The fourth-order valence-electron chi connectivity index (χ4n) is 2.11. The van der Waals surface area contributed by atoms with E-state index in [9.17, 15) is 4.79 Å².